The van der Waals surface area contributed by atoms with Gasteiger partial charge in [0.25, 0.3) is 0 Å². The van der Waals surface area contributed by atoms with Crippen LogP contribution in [0.2, 0.25) is 0 Å². The minimum atomic E-state index is 0.908. The molecular formula is C11H19N3. The van der Waals surface area contributed by atoms with Crippen LogP contribution >= 0.6 is 0 Å². The van der Waals surface area contributed by atoms with Gasteiger partial charge in [-0.25, -0.2) is 4.98 Å². The lowest BCUT2D eigenvalue weighted by atomic mass is 10.2. The molecule has 0 atom stereocenters. The van der Waals surface area contributed by atoms with Crippen LogP contribution < -0.4 is 10.6 Å². The molecule has 0 unspecified atom stereocenters. The zero-order chi connectivity index (χ0) is 10.2. The molecule has 1 rings (SSSR count). The van der Waals surface area contributed by atoms with Crippen molar-refractivity contribution in [2.45, 2.75) is 26.2 Å². The molecule has 0 amide bonds. The van der Waals surface area contributed by atoms with Gasteiger partial charge in [0.2, 0.25) is 0 Å². The molecule has 0 saturated heterocycles. The number of hydrogen-bond donors (Lipinski definition) is 2. The SMILES string of the molecule is CCCCCNc1ccnc(NC)c1. The van der Waals surface area contributed by atoms with Crippen LogP contribution in [0.1, 0.15) is 26.2 Å². The third-order valence-electron chi connectivity index (χ3n) is 2.13. The molecule has 0 saturated carbocycles. The van der Waals surface area contributed by atoms with Gasteiger partial charge in [-0.05, 0) is 12.5 Å². The zero-order valence-electron chi connectivity index (χ0n) is 9.01. The maximum Gasteiger partial charge on any atom is 0.127 e. The normalized spacial score (nSPS) is 9.86. The molecule has 0 aliphatic carbocycles. The van der Waals surface area contributed by atoms with Gasteiger partial charge in [0.15, 0.2) is 0 Å². The Kier molecular flexibility index (Phi) is 4.83. The molecule has 0 spiro atoms. The van der Waals surface area contributed by atoms with Gasteiger partial charge in [-0.3, -0.25) is 0 Å². The van der Waals surface area contributed by atoms with E-state index in [0.29, 0.717) is 0 Å². The van der Waals surface area contributed by atoms with Crippen LogP contribution in [0.25, 0.3) is 0 Å². The first kappa shape index (κ1) is 10.8. The first-order valence-corrected chi connectivity index (χ1v) is 5.24. The molecule has 1 heterocycles. The lowest BCUT2D eigenvalue weighted by Gasteiger charge is -2.06. The van der Waals surface area contributed by atoms with Crippen molar-refractivity contribution < 1.29 is 0 Å². The molecule has 0 aliphatic heterocycles. The molecule has 0 aromatic carbocycles. The van der Waals surface area contributed by atoms with Gasteiger partial charge in [-0.1, -0.05) is 19.8 Å². The molecular weight excluding hydrogens is 174 g/mol. The highest BCUT2D eigenvalue weighted by atomic mass is 15.0. The molecule has 78 valence electrons. The first-order chi connectivity index (χ1) is 6.86. The summed E-state index contributed by atoms with van der Waals surface area (Å²) in [4.78, 5) is 4.15. The lowest BCUT2D eigenvalue weighted by Crippen LogP contribution is -2.02. The largest absolute Gasteiger partial charge is 0.385 e. The van der Waals surface area contributed by atoms with E-state index >= 15 is 0 Å². The number of nitrogens with zero attached hydrogens (tertiary/aromatic N) is 1. The predicted molar refractivity (Wildman–Crippen MR) is 61.8 cm³/mol. The van der Waals surface area contributed by atoms with Crippen LogP contribution in [-0.4, -0.2) is 18.6 Å². The van der Waals surface area contributed by atoms with Crippen molar-refractivity contribution in [1.29, 1.82) is 0 Å². The molecule has 2 N–H and O–H groups in total. The van der Waals surface area contributed by atoms with Gasteiger partial charge in [0.05, 0.1) is 0 Å². The molecule has 0 fully saturated rings. The smallest absolute Gasteiger partial charge is 0.127 e. The second-order valence-electron chi connectivity index (χ2n) is 3.31. The summed E-state index contributed by atoms with van der Waals surface area (Å²) >= 11 is 0. The summed E-state index contributed by atoms with van der Waals surface area (Å²) in [6, 6.07) is 4.01. The Bertz CT molecular complexity index is 260. The Morgan fingerprint density at radius 2 is 2.21 bits per heavy atom. The van der Waals surface area contributed by atoms with E-state index in [1.54, 1.807) is 0 Å². The summed E-state index contributed by atoms with van der Waals surface area (Å²) in [6.07, 6.45) is 5.60. The van der Waals surface area contributed by atoms with Crippen molar-refractivity contribution in [2.75, 3.05) is 24.2 Å². The molecule has 0 bridgehead atoms. The number of anilines is 2. The van der Waals surface area contributed by atoms with E-state index in [1.807, 2.05) is 25.4 Å². The Morgan fingerprint density at radius 3 is 2.93 bits per heavy atom. The Morgan fingerprint density at radius 1 is 1.36 bits per heavy atom. The number of pyridine rings is 1. The van der Waals surface area contributed by atoms with Crippen LogP contribution in [0.3, 0.4) is 0 Å². The maximum absolute atomic E-state index is 4.15. The van der Waals surface area contributed by atoms with Crippen LogP contribution in [0.5, 0.6) is 0 Å². The van der Waals surface area contributed by atoms with Crippen molar-refractivity contribution in [3.63, 3.8) is 0 Å². The highest BCUT2D eigenvalue weighted by Crippen LogP contribution is 2.11. The van der Waals surface area contributed by atoms with Crippen LogP contribution in [0.15, 0.2) is 18.3 Å². The average Bonchev–Trinajstić information content (AvgIpc) is 2.25. The van der Waals surface area contributed by atoms with E-state index in [0.717, 1.165) is 18.1 Å². The van der Waals surface area contributed by atoms with Gasteiger partial charge in [-0.2, -0.15) is 0 Å². The van der Waals surface area contributed by atoms with Gasteiger partial charge in [-0.15, -0.1) is 0 Å². The van der Waals surface area contributed by atoms with E-state index in [1.165, 1.54) is 19.3 Å². The van der Waals surface area contributed by atoms with Crippen LogP contribution in [0.4, 0.5) is 11.5 Å². The van der Waals surface area contributed by atoms with Gasteiger partial charge >= 0.3 is 0 Å². The third kappa shape index (κ3) is 3.64. The highest BCUT2D eigenvalue weighted by Gasteiger charge is 1.93. The summed E-state index contributed by atoms with van der Waals surface area (Å²) in [6.45, 7) is 3.26. The summed E-state index contributed by atoms with van der Waals surface area (Å²) in [5.74, 6) is 0.908. The van der Waals surface area contributed by atoms with Crippen LogP contribution in [-0.2, 0) is 0 Å². The van der Waals surface area contributed by atoms with Crippen molar-refractivity contribution >= 4 is 11.5 Å². The van der Waals surface area contributed by atoms with E-state index in [4.69, 9.17) is 0 Å². The van der Waals surface area contributed by atoms with Crippen molar-refractivity contribution in [1.82, 2.24) is 4.98 Å². The molecule has 0 aliphatic rings. The summed E-state index contributed by atoms with van der Waals surface area (Å²) in [5.41, 5.74) is 1.14. The molecule has 3 heteroatoms. The molecule has 0 radical (unpaired) electrons. The predicted octanol–water partition coefficient (Wildman–Crippen LogP) is 2.73. The summed E-state index contributed by atoms with van der Waals surface area (Å²) < 4.78 is 0. The third-order valence-corrected chi connectivity index (χ3v) is 2.13. The molecule has 3 nitrogen and oxygen atoms in total. The second kappa shape index (κ2) is 6.24. The fourth-order valence-corrected chi connectivity index (χ4v) is 1.28. The fraction of sp³-hybridized carbons (Fsp3) is 0.545. The van der Waals surface area contributed by atoms with E-state index < -0.39 is 0 Å². The average molecular weight is 193 g/mol. The second-order valence-corrected chi connectivity index (χ2v) is 3.31. The van der Waals surface area contributed by atoms with Crippen LogP contribution in [0, 0.1) is 0 Å². The Labute approximate surface area is 85.9 Å². The monoisotopic (exact) mass is 193 g/mol. The minimum Gasteiger partial charge on any atom is -0.385 e. The number of aromatic nitrogens is 1. The standard InChI is InChI=1S/C11H19N3/c1-3-4-5-7-13-10-6-8-14-11(9-10)12-2/h6,8-9H,3-5,7H2,1-2H3,(H2,12,13,14). The zero-order valence-corrected chi connectivity index (χ0v) is 9.01. The maximum atomic E-state index is 4.15. The van der Waals surface area contributed by atoms with Crippen molar-refractivity contribution in [3.8, 4) is 0 Å². The molecule has 1 aromatic heterocycles. The van der Waals surface area contributed by atoms with E-state index in [9.17, 15) is 0 Å². The number of rotatable bonds is 6. The summed E-state index contributed by atoms with van der Waals surface area (Å²) in [7, 11) is 1.88. The van der Waals surface area contributed by atoms with E-state index in [2.05, 4.69) is 22.5 Å². The van der Waals surface area contributed by atoms with E-state index in [-0.39, 0.29) is 0 Å². The lowest BCUT2D eigenvalue weighted by molar-refractivity contribution is 0.744. The molecule has 1 aromatic rings. The summed E-state index contributed by atoms with van der Waals surface area (Å²) in [5, 5.41) is 6.39. The van der Waals surface area contributed by atoms with Gasteiger partial charge in [0.1, 0.15) is 5.82 Å². The number of nitrogens with one attached hydrogen (secondary N) is 2. The Hall–Kier alpha value is -1.25. The van der Waals surface area contributed by atoms with Crippen molar-refractivity contribution in [3.05, 3.63) is 18.3 Å². The quantitative estimate of drug-likeness (QED) is 0.682. The highest BCUT2D eigenvalue weighted by molar-refractivity contribution is 5.51. The fourth-order valence-electron chi connectivity index (χ4n) is 1.28. The van der Waals surface area contributed by atoms with Gasteiger partial charge < -0.3 is 10.6 Å². The Balaban J connectivity index is 2.34. The molecule has 14 heavy (non-hydrogen) atoms. The van der Waals surface area contributed by atoms with Gasteiger partial charge in [0, 0.05) is 31.5 Å². The number of hydrogen-bond acceptors (Lipinski definition) is 3. The van der Waals surface area contributed by atoms with Crippen molar-refractivity contribution in [2.24, 2.45) is 0 Å². The number of unbranched alkanes of at least 4 members (excludes halogenated alkanes) is 2. The minimum absolute atomic E-state index is 0.908. The first-order valence-electron chi connectivity index (χ1n) is 5.24. The topological polar surface area (TPSA) is 37.0 Å².